The molecule has 0 aromatic heterocycles. The molecule has 0 saturated heterocycles. The lowest BCUT2D eigenvalue weighted by Gasteiger charge is -2.18. The molecular weight excluding hydrogens is 569 g/mol. The molecule has 0 bridgehead atoms. The summed E-state index contributed by atoms with van der Waals surface area (Å²) in [6.07, 6.45) is -3.83. The number of nitrogens with zero attached hydrogens (tertiary/aromatic N) is 4. The van der Waals surface area contributed by atoms with Gasteiger partial charge in [0.25, 0.3) is 10.0 Å². The van der Waals surface area contributed by atoms with E-state index in [1.165, 1.54) is 5.01 Å². The van der Waals surface area contributed by atoms with Crippen LogP contribution in [0.3, 0.4) is 0 Å². The Morgan fingerprint density at radius 1 is 1.08 bits per heavy atom. The van der Waals surface area contributed by atoms with Crippen molar-refractivity contribution in [3.8, 4) is 6.07 Å². The Hall–Kier alpha value is -3.33. The van der Waals surface area contributed by atoms with Crippen LogP contribution in [0.2, 0.25) is 5.02 Å². The first-order valence-electron chi connectivity index (χ1n) is 11.8. The highest BCUT2D eigenvalue weighted by molar-refractivity contribution is 8.14. The maximum absolute atomic E-state index is 13.2. The van der Waals surface area contributed by atoms with Gasteiger partial charge in [0.05, 0.1) is 28.8 Å². The van der Waals surface area contributed by atoms with Crippen molar-refractivity contribution in [2.45, 2.75) is 29.8 Å². The molecule has 0 aliphatic carbocycles. The number of thioether (sulfide) groups is 1. The molecule has 0 N–H and O–H groups in total. The van der Waals surface area contributed by atoms with Crippen molar-refractivity contribution in [3.63, 3.8) is 0 Å². The molecule has 1 aliphatic rings. The Kier molecular flexibility index (Phi) is 9.00. The van der Waals surface area contributed by atoms with Crippen LogP contribution in [0.15, 0.2) is 93.3 Å². The second-order valence-electron chi connectivity index (χ2n) is 8.52. The second-order valence-corrected chi connectivity index (χ2v) is 11.6. The minimum atomic E-state index is -4.60. The van der Waals surface area contributed by atoms with Crippen molar-refractivity contribution < 1.29 is 21.6 Å². The van der Waals surface area contributed by atoms with E-state index in [1.807, 2.05) is 48.5 Å². The molecule has 4 rings (SSSR count). The van der Waals surface area contributed by atoms with E-state index in [4.69, 9.17) is 22.0 Å². The molecular formula is C27H22ClF3N4O2S2. The number of amidine groups is 1. The highest BCUT2D eigenvalue weighted by atomic mass is 35.5. The van der Waals surface area contributed by atoms with Gasteiger partial charge in [0.1, 0.15) is 0 Å². The van der Waals surface area contributed by atoms with Gasteiger partial charge in [-0.3, -0.25) is 0 Å². The highest BCUT2D eigenvalue weighted by Gasteiger charge is 2.33. The Morgan fingerprint density at radius 2 is 1.74 bits per heavy atom. The number of benzene rings is 3. The van der Waals surface area contributed by atoms with Gasteiger partial charge in [0.2, 0.25) is 0 Å². The maximum atomic E-state index is 13.2. The van der Waals surface area contributed by atoms with Crippen LogP contribution < -0.4 is 0 Å². The van der Waals surface area contributed by atoms with E-state index in [0.717, 1.165) is 35.0 Å². The number of sulfonamides is 1. The number of unbranched alkanes of at least 4 members (excludes halogenated alkanes) is 1. The van der Waals surface area contributed by atoms with E-state index in [9.17, 15) is 21.6 Å². The standard InChI is InChI=1S/C27H22ClF3N4O2S2/c28-22-12-8-20(9-13-22)25-24(19-6-2-1-3-7-19)18-35(33-25)26(38-17-5-4-16-32)34-39(36,37)23-14-10-21(11-15-23)27(29,30)31/h1-3,6-15,24H,4-5,17-18H2/b34-26-. The number of hydrogen-bond donors (Lipinski definition) is 0. The van der Waals surface area contributed by atoms with Crippen LogP contribution in [0.5, 0.6) is 0 Å². The molecule has 39 heavy (non-hydrogen) atoms. The van der Waals surface area contributed by atoms with E-state index < -0.39 is 21.8 Å². The number of alkyl halides is 3. The van der Waals surface area contributed by atoms with Crippen molar-refractivity contribution in [1.29, 1.82) is 5.26 Å². The van der Waals surface area contributed by atoms with Gasteiger partial charge in [-0.15, -0.1) is 4.40 Å². The number of halogens is 4. The summed E-state index contributed by atoms with van der Waals surface area (Å²) < 4.78 is 69.3. The van der Waals surface area contributed by atoms with Gasteiger partial charge in [-0.1, -0.05) is 65.8 Å². The summed E-state index contributed by atoms with van der Waals surface area (Å²) in [6.45, 7) is 0.286. The fourth-order valence-corrected chi connectivity index (χ4v) is 6.14. The molecule has 1 aliphatic heterocycles. The smallest absolute Gasteiger partial charge is 0.240 e. The van der Waals surface area contributed by atoms with Crippen LogP contribution in [0.4, 0.5) is 13.2 Å². The third-order valence-electron chi connectivity index (χ3n) is 5.82. The molecule has 0 saturated carbocycles. The summed E-state index contributed by atoms with van der Waals surface area (Å²) in [4.78, 5) is -0.369. The van der Waals surface area contributed by atoms with Gasteiger partial charge in [0.15, 0.2) is 5.17 Å². The van der Waals surface area contributed by atoms with Gasteiger partial charge in [-0.05, 0) is 53.9 Å². The van der Waals surface area contributed by atoms with Crippen molar-refractivity contribution in [2.75, 3.05) is 12.3 Å². The average Bonchev–Trinajstić information content (AvgIpc) is 3.36. The first kappa shape index (κ1) is 28.7. The molecule has 1 unspecified atom stereocenters. The van der Waals surface area contributed by atoms with E-state index >= 15 is 0 Å². The van der Waals surface area contributed by atoms with E-state index in [1.54, 1.807) is 12.1 Å². The minimum absolute atomic E-state index is 0.0673. The highest BCUT2D eigenvalue weighted by Crippen LogP contribution is 2.33. The Balaban J connectivity index is 1.73. The van der Waals surface area contributed by atoms with Gasteiger partial charge in [-0.25, -0.2) is 5.01 Å². The Morgan fingerprint density at radius 3 is 2.36 bits per heavy atom. The topological polar surface area (TPSA) is 85.9 Å². The zero-order chi connectivity index (χ0) is 28.0. The summed E-state index contributed by atoms with van der Waals surface area (Å²) in [5.74, 6) is 0.179. The number of hydrazone groups is 1. The fourth-order valence-electron chi connectivity index (χ4n) is 3.88. The normalized spacial score (nSPS) is 16.2. The van der Waals surface area contributed by atoms with Crippen LogP contribution in [0.25, 0.3) is 0 Å². The Labute approximate surface area is 233 Å². The molecule has 1 heterocycles. The Bertz CT molecular complexity index is 1500. The molecule has 0 fully saturated rings. The molecule has 202 valence electrons. The van der Waals surface area contributed by atoms with Crippen LogP contribution in [-0.2, 0) is 16.2 Å². The van der Waals surface area contributed by atoms with Gasteiger partial charge in [-0.2, -0.15) is 32.0 Å². The van der Waals surface area contributed by atoms with Crippen molar-refractivity contribution >= 4 is 44.3 Å². The van der Waals surface area contributed by atoms with Gasteiger partial charge in [0, 0.05) is 23.1 Å². The third kappa shape index (κ3) is 7.20. The van der Waals surface area contributed by atoms with Gasteiger partial charge >= 0.3 is 6.18 Å². The van der Waals surface area contributed by atoms with Crippen molar-refractivity contribution in [2.24, 2.45) is 9.50 Å². The van der Waals surface area contributed by atoms with Crippen LogP contribution in [0.1, 0.15) is 35.4 Å². The number of nitriles is 1. The van der Waals surface area contributed by atoms with Crippen molar-refractivity contribution in [3.05, 3.63) is 101 Å². The zero-order valence-electron chi connectivity index (χ0n) is 20.3. The van der Waals surface area contributed by atoms with Crippen LogP contribution >= 0.6 is 23.4 Å². The summed E-state index contributed by atoms with van der Waals surface area (Å²) in [5.41, 5.74) is 1.50. The average molecular weight is 591 g/mol. The van der Waals surface area contributed by atoms with E-state index in [-0.39, 0.29) is 28.9 Å². The van der Waals surface area contributed by atoms with Crippen LogP contribution in [-0.4, -0.2) is 36.6 Å². The molecule has 1 atom stereocenters. The lowest BCUT2D eigenvalue weighted by atomic mass is 9.91. The molecule has 6 nitrogen and oxygen atoms in total. The first-order chi connectivity index (χ1) is 18.6. The number of hydrogen-bond acceptors (Lipinski definition) is 5. The lowest BCUT2D eigenvalue weighted by Crippen LogP contribution is -2.25. The second kappa shape index (κ2) is 12.2. The molecule has 3 aromatic carbocycles. The van der Waals surface area contributed by atoms with Crippen LogP contribution in [0, 0.1) is 11.3 Å². The van der Waals surface area contributed by atoms with Crippen molar-refractivity contribution in [1.82, 2.24) is 5.01 Å². The predicted octanol–water partition coefficient (Wildman–Crippen LogP) is 6.94. The molecule has 12 heteroatoms. The monoisotopic (exact) mass is 590 g/mol. The summed E-state index contributed by atoms with van der Waals surface area (Å²) >= 11 is 7.20. The predicted molar refractivity (Wildman–Crippen MR) is 147 cm³/mol. The van der Waals surface area contributed by atoms with E-state index in [2.05, 4.69) is 4.40 Å². The molecule has 0 radical (unpaired) electrons. The largest absolute Gasteiger partial charge is 0.416 e. The quantitative estimate of drug-likeness (QED) is 0.169. The number of rotatable bonds is 7. The third-order valence-corrected chi connectivity index (χ3v) is 8.52. The molecule has 3 aromatic rings. The van der Waals surface area contributed by atoms with Gasteiger partial charge < -0.3 is 0 Å². The molecule has 0 amide bonds. The SMILES string of the molecule is N#CCCCS/C(=N\S(=O)(=O)c1ccc(C(F)(F)F)cc1)N1CC(c2ccccc2)C(c2ccc(Cl)cc2)=N1. The summed E-state index contributed by atoms with van der Waals surface area (Å²) in [5, 5.41) is 15.8. The summed E-state index contributed by atoms with van der Waals surface area (Å²) in [7, 11) is -4.37. The first-order valence-corrected chi connectivity index (χ1v) is 14.6. The minimum Gasteiger partial charge on any atom is -0.240 e. The molecule has 0 spiro atoms. The fraction of sp³-hybridized carbons (Fsp3) is 0.222. The summed E-state index contributed by atoms with van der Waals surface area (Å²) in [6, 6.07) is 22.0. The van der Waals surface area contributed by atoms with E-state index in [0.29, 0.717) is 35.0 Å². The zero-order valence-corrected chi connectivity index (χ0v) is 22.7. The lowest BCUT2D eigenvalue weighted by molar-refractivity contribution is -0.137. The maximum Gasteiger partial charge on any atom is 0.416 e.